The van der Waals surface area contributed by atoms with E-state index in [-0.39, 0.29) is 5.82 Å². The maximum Gasteiger partial charge on any atom is 0.442 e. The average Bonchev–Trinajstić information content (AvgIpc) is 2.79. The summed E-state index contributed by atoms with van der Waals surface area (Å²) in [6.45, 7) is 4.92. The predicted octanol–water partition coefficient (Wildman–Crippen LogP) is 0.523. The highest BCUT2D eigenvalue weighted by atomic mass is 16.5. The first-order chi connectivity index (χ1) is 10.8. The average molecular weight is 319 g/mol. The SMILES string of the molecule is CC(C)(C)NC(=O)NC(=O)Cn1c(-c2ccccn2)noc1=O. The standard InChI is InChI=1S/C14H17N5O4/c1-14(2,3)17-12(21)16-10(20)8-19-11(18-23-13(19)22)9-6-4-5-7-15-9/h4-7H,8H2,1-3H3,(H2,16,17,20,21). The van der Waals surface area contributed by atoms with E-state index in [0.717, 1.165) is 4.57 Å². The number of imide groups is 1. The third-order valence-electron chi connectivity index (χ3n) is 2.62. The molecule has 2 rings (SSSR count). The third kappa shape index (κ3) is 4.50. The van der Waals surface area contributed by atoms with E-state index in [2.05, 4.69) is 25.3 Å². The van der Waals surface area contributed by atoms with Gasteiger partial charge in [-0.15, -0.1) is 0 Å². The molecule has 23 heavy (non-hydrogen) atoms. The first-order valence-electron chi connectivity index (χ1n) is 6.86. The third-order valence-corrected chi connectivity index (χ3v) is 2.62. The number of nitrogens with one attached hydrogen (secondary N) is 2. The Hall–Kier alpha value is -2.97. The second-order valence-electron chi connectivity index (χ2n) is 5.83. The molecule has 2 N–H and O–H groups in total. The van der Waals surface area contributed by atoms with Crippen molar-refractivity contribution in [2.75, 3.05) is 0 Å². The maximum atomic E-state index is 11.9. The number of amides is 3. The van der Waals surface area contributed by atoms with Gasteiger partial charge in [0.25, 0.3) is 0 Å². The summed E-state index contributed by atoms with van der Waals surface area (Å²) in [5, 5.41) is 8.33. The predicted molar refractivity (Wildman–Crippen MR) is 80.4 cm³/mol. The lowest BCUT2D eigenvalue weighted by molar-refractivity contribution is -0.120. The highest BCUT2D eigenvalue weighted by Gasteiger charge is 2.19. The van der Waals surface area contributed by atoms with Gasteiger partial charge in [-0.1, -0.05) is 11.2 Å². The van der Waals surface area contributed by atoms with Crippen LogP contribution in [0.2, 0.25) is 0 Å². The molecule has 0 unspecified atom stereocenters. The number of carbonyl (C=O) groups is 2. The van der Waals surface area contributed by atoms with Gasteiger partial charge >= 0.3 is 11.8 Å². The summed E-state index contributed by atoms with van der Waals surface area (Å²) in [5.41, 5.74) is -0.109. The van der Waals surface area contributed by atoms with Gasteiger partial charge in [0.15, 0.2) is 0 Å². The molecular weight excluding hydrogens is 302 g/mol. The minimum atomic E-state index is -0.808. The van der Waals surface area contributed by atoms with Gasteiger partial charge in [0, 0.05) is 11.7 Å². The summed E-state index contributed by atoms with van der Waals surface area (Å²) in [6.07, 6.45) is 1.52. The van der Waals surface area contributed by atoms with Gasteiger partial charge in [-0.25, -0.2) is 14.2 Å². The van der Waals surface area contributed by atoms with Crippen LogP contribution in [-0.4, -0.2) is 32.2 Å². The highest BCUT2D eigenvalue weighted by Crippen LogP contribution is 2.11. The minimum absolute atomic E-state index is 0.113. The van der Waals surface area contributed by atoms with E-state index in [1.165, 1.54) is 6.20 Å². The fourth-order valence-electron chi connectivity index (χ4n) is 1.77. The topological polar surface area (TPSA) is 119 Å². The minimum Gasteiger partial charge on any atom is -0.333 e. The summed E-state index contributed by atoms with van der Waals surface area (Å²) in [7, 11) is 0. The summed E-state index contributed by atoms with van der Waals surface area (Å²) in [6, 6.07) is 4.39. The fraction of sp³-hybridized carbons (Fsp3) is 0.357. The molecule has 9 nitrogen and oxygen atoms in total. The van der Waals surface area contributed by atoms with Gasteiger partial charge in [0.05, 0.1) is 0 Å². The van der Waals surface area contributed by atoms with Crippen molar-refractivity contribution in [2.45, 2.75) is 32.9 Å². The lowest BCUT2D eigenvalue weighted by atomic mass is 10.1. The Morgan fingerprint density at radius 1 is 1.30 bits per heavy atom. The van der Waals surface area contributed by atoms with Crippen LogP contribution in [-0.2, 0) is 11.3 Å². The molecule has 0 spiro atoms. The van der Waals surface area contributed by atoms with E-state index >= 15 is 0 Å². The smallest absolute Gasteiger partial charge is 0.333 e. The zero-order chi connectivity index (χ0) is 17.0. The molecule has 122 valence electrons. The van der Waals surface area contributed by atoms with Gasteiger partial charge in [0.2, 0.25) is 11.7 Å². The number of aromatic nitrogens is 3. The Balaban J connectivity index is 2.12. The van der Waals surface area contributed by atoms with Crippen molar-refractivity contribution in [3.63, 3.8) is 0 Å². The number of urea groups is 1. The quantitative estimate of drug-likeness (QED) is 0.851. The van der Waals surface area contributed by atoms with Crippen LogP contribution in [0.1, 0.15) is 20.8 Å². The van der Waals surface area contributed by atoms with Crippen molar-refractivity contribution in [2.24, 2.45) is 0 Å². The summed E-state index contributed by atoms with van der Waals surface area (Å²) in [5.74, 6) is -1.37. The Morgan fingerprint density at radius 2 is 2.04 bits per heavy atom. The molecule has 2 heterocycles. The van der Waals surface area contributed by atoms with Gasteiger partial charge < -0.3 is 5.32 Å². The number of hydrogen-bond acceptors (Lipinski definition) is 6. The van der Waals surface area contributed by atoms with E-state index in [1.54, 1.807) is 39.0 Å². The van der Waals surface area contributed by atoms with E-state index in [9.17, 15) is 14.4 Å². The molecule has 0 aliphatic carbocycles. The van der Waals surface area contributed by atoms with Crippen molar-refractivity contribution in [1.82, 2.24) is 25.3 Å². The molecular formula is C14H17N5O4. The van der Waals surface area contributed by atoms with Gasteiger partial charge in [-0.3, -0.25) is 19.6 Å². The molecule has 2 aromatic heterocycles. The lowest BCUT2D eigenvalue weighted by Gasteiger charge is -2.20. The summed E-state index contributed by atoms with van der Waals surface area (Å²) in [4.78, 5) is 39.3. The number of rotatable bonds is 3. The number of hydrogen-bond donors (Lipinski definition) is 2. The van der Waals surface area contributed by atoms with Gasteiger partial charge in [-0.2, -0.15) is 0 Å². The Kier molecular flexibility index (Phi) is 4.58. The Bertz CT molecular complexity index is 757. The van der Waals surface area contributed by atoms with Crippen LogP contribution in [0.15, 0.2) is 33.7 Å². The molecule has 0 aliphatic rings. The number of pyridine rings is 1. The van der Waals surface area contributed by atoms with Gasteiger partial charge in [0.1, 0.15) is 12.2 Å². The summed E-state index contributed by atoms with van der Waals surface area (Å²) < 4.78 is 5.58. The van der Waals surface area contributed by atoms with Gasteiger partial charge in [-0.05, 0) is 32.9 Å². The van der Waals surface area contributed by atoms with E-state index in [1.807, 2.05) is 0 Å². The molecule has 0 saturated carbocycles. The molecule has 0 radical (unpaired) electrons. The van der Waals surface area contributed by atoms with Crippen LogP contribution in [0.3, 0.4) is 0 Å². The molecule has 3 amide bonds. The molecule has 0 aliphatic heterocycles. The molecule has 0 bridgehead atoms. The first-order valence-corrected chi connectivity index (χ1v) is 6.86. The fourth-order valence-corrected chi connectivity index (χ4v) is 1.77. The highest BCUT2D eigenvalue weighted by molar-refractivity contribution is 5.94. The summed E-state index contributed by atoms with van der Waals surface area (Å²) >= 11 is 0. The molecule has 0 aromatic carbocycles. The van der Waals surface area contributed by atoms with Crippen LogP contribution >= 0.6 is 0 Å². The molecule has 0 saturated heterocycles. The monoisotopic (exact) mass is 319 g/mol. The van der Waals surface area contributed by atoms with E-state index < -0.39 is 29.8 Å². The van der Waals surface area contributed by atoms with E-state index in [4.69, 9.17) is 0 Å². The molecule has 0 fully saturated rings. The zero-order valence-electron chi connectivity index (χ0n) is 13.0. The van der Waals surface area contributed by atoms with Crippen LogP contribution in [0.5, 0.6) is 0 Å². The Morgan fingerprint density at radius 3 is 2.65 bits per heavy atom. The van der Waals surface area contributed by atoms with E-state index in [0.29, 0.717) is 5.69 Å². The molecule has 0 atom stereocenters. The maximum absolute atomic E-state index is 11.9. The lowest BCUT2D eigenvalue weighted by Crippen LogP contribution is -2.49. The Labute approximate surface area is 131 Å². The second kappa shape index (κ2) is 6.42. The van der Waals surface area contributed by atoms with Crippen LogP contribution in [0.25, 0.3) is 11.5 Å². The normalized spacial score (nSPS) is 11.1. The van der Waals surface area contributed by atoms with Crippen molar-refractivity contribution in [3.8, 4) is 11.5 Å². The van der Waals surface area contributed by atoms with Crippen LogP contribution < -0.4 is 16.4 Å². The number of carbonyl (C=O) groups excluding carboxylic acids is 2. The van der Waals surface area contributed by atoms with Crippen LogP contribution in [0, 0.1) is 0 Å². The van der Waals surface area contributed by atoms with Crippen molar-refractivity contribution in [1.29, 1.82) is 0 Å². The zero-order valence-corrected chi connectivity index (χ0v) is 13.0. The first kappa shape index (κ1) is 16.4. The van der Waals surface area contributed by atoms with Crippen molar-refractivity contribution < 1.29 is 14.1 Å². The number of nitrogens with zero attached hydrogens (tertiary/aromatic N) is 3. The largest absolute Gasteiger partial charge is 0.442 e. The van der Waals surface area contributed by atoms with Crippen molar-refractivity contribution in [3.05, 3.63) is 34.9 Å². The second-order valence-corrected chi connectivity index (χ2v) is 5.83. The van der Waals surface area contributed by atoms with Crippen LogP contribution in [0.4, 0.5) is 4.79 Å². The molecule has 2 aromatic rings. The van der Waals surface area contributed by atoms with Crippen molar-refractivity contribution >= 4 is 11.9 Å². The molecule has 9 heteroatoms.